The molecule has 212 valence electrons. The van der Waals surface area contributed by atoms with Gasteiger partial charge in [0.15, 0.2) is 11.6 Å². The molecule has 2 saturated carbocycles. The SMILES string of the molecule is C=CC1CCC(C2CCC(c3ccc(-c4ccc(-c5ccc(OCCCC)c(F)c5F)cc4)c(F)c3)CC2)CC1. The summed E-state index contributed by atoms with van der Waals surface area (Å²) < 4.78 is 50.0. The van der Waals surface area contributed by atoms with Crippen LogP contribution < -0.4 is 4.74 Å². The Labute approximate surface area is 237 Å². The van der Waals surface area contributed by atoms with Gasteiger partial charge in [-0.2, -0.15) is 4.39 Å². The van der Waals surface area contributed by atoms with Crippen LogP contribution in [0.4, 0.5) is 13.2 Å². The summed E-state index contributed by atoms with van der Waals surface area (Å²) in [5.41, 5.74) is 3.02. The second-order valence-corrected chi connectivity index (χ2v) is 11.8. The highest BCUT2D eigenvalue weighted by Crippen LogP contribution is 2.44. The fourth-order valence-electron chi connectivity index (χ4n) is 6.82. The largest absolute Gasteiger partial charge is 0.490 e. The van der Waals surface area contributed by atoms with Crippen LogP contribution in [-0.4, -0.2) is 6.61 Å². The fourth-order valence-corrected chi connectivity index (χ4v) is 6.82. The Morgan fingerprint density at radius 3 is 1.95 bits per heavy atom. The number of benzene rings is 3. The van der Waals surface area contributed by atoms with Gasteiger partial charge in [-0.25, -0.2) is 8.78 Å². The van der Waals surface area contributed by atoms with Crippen LogP contribution in [0.1, 0.15) is 82.6 Å². The Bertz CT molecular complexity index is 1280. The lowest BCUT2D eigenvalue weighted by Gasteiger charge is -2.37. The summed E-state index contributed by atoms with van der Waals surface area (Å²) in [4.78, 5) is 0. The van der Waals surface area contributed by atoms with Crippen molar-refractivity contribution in [2.75, 3.05) is 6.61 Å². The summed E-state index contributed by atoms with van der Waals surface area (Å²) in [6.07, 6.45) is 13.8. The number of allylic oxidation sites excluding steroid dienone is 1. The quantitative estimate of drug-likeness (QED) is 0.192. The van der Waals surface area contributed by atoms with Crippen LogP contribution >= 0.6 is 0 Å². The number of halogens is 3. The molecule has 0 atom stereocenters. The summed E-state index contributed by atoms with van der Waals surface area (Å²) in [7, 11) is 0. The van der Waals surface area contributed by atoms with Gasteiger partial charge in [-0.1, -0.05) is 55.8 Å². The summed E-state index contributed by atoms with van der Waals surface area (Å²) in [6, 6.07) is 15.6. The minimum Gasteiger partial charge on any atom is -0.490 e. The molecule has 0 aromatic heterocycles. The molecule has 0 radical (unpaired) electrons. The van der Waals surface area contributed by atoms with Gasteiger partial charge in [0.2, 0.25) is 5.82 Å². The molecular formula is C36H41F3O. The van der Waals surface area contributed by atoms with Crippen LogP contribution in [0.3, 0.4) is 0 Å². The Hall–Kier alpha value is -3.01. The highest BCUT2D eigenvalue weighted by molar-refractivity contribution is 5.71. The molecule has 0 saturated heterocycles. The van der Waals surface area contributed by atoms with Gasteiger partial charge in [0, 0.05) is 11.1 Å². The molecule has 0 bridgehead atoms. The maximum absolute atomic E-state index is 15.3. The minimum absolute atomic E-state index is 0.0717. The van der Waals surface area contributed by atoms with Gasteiger partial charge in [0.25, 0.3) is 0 Å². The third kappa shape index (κ3) is 6.32. The molecule has 0 unspecified atom stereocenters. The van der Waals surface area contributed by atoms with E-state index in [0.29, 0.717) is 35.1 Å². The Kier molecular flexibility index (Phi) is 9.34. The fraction of sp³-hybridized carbons (Fsp3) is 0.444. The number of rotatable bonds is 9. The number of ether oxygens (including phenoxy) is 1. The first-order chi connectivity index (χ1) is 19.5. The third-order valence-electron chi connectivity index (χ3n) is 9.36. The normalized spacial score (nSPS) is 23.1. The molecule has 3 aromatic rings. The van der Waals surface area contributed by atoms with Crippen LogP contribution in [0.2, 0.25) is 0 Å². The third-order valence-corrected chi connectivity index (χ3v) is 9.36. The van der Waals surface area contributed by atoms with Crippen molar-refractivity contribution >= 4 is 0 Å². The summed E-state index contributed by atoms with van der Waals surface area (Å²) in [6.45, 7) is 6.33. The first-order valence-electron chi connectivity index (χ1n) is 15.1. The standard InChI is InChI=1S/C36H41F3O/c1-3-5-22-40-34-21-20-32(35(38)36(34)39)29-16-14-28(15-17-29)31-19-18-30(23-33(31)37)27-12-10-26(11-13-27)25-8-6-24(4-2)7-9-25/h4,14-21,23-27H,2-3,5-13,22H2,1H3. The van der Waals surface area contributed by atoms with Gasteiger partial charge in [0.1, 0.15) is 5.82 Å². The van der Waals surface area contributed by atoms with Crippen molar-refractivity contribution in [3.63, 3.8) is 0 Å². The van der Waals surface area contributed by atoms with Crippen molar-refractivity contribution in [2.24, 2.45) is 17.8 Å². The van der Waals surface area contributed by atoms with Crippen LogP contribution in [0.15, 0.2) is 67.3 Å². The highest BCUT2D eigenvalue weighted by Gasteiger charge is 2.31. The van der Waals surface area contributed by atoms with Crippen molar-refractivity contribution in [3.8, 4) is 28.0 Å². The molecule has 4 heteroatoms. The van der Waals surface area contributed by atoms with Crippen molar-refractivity contribution in [2.45, 2.75) is 77.0 Å². The van der Waals surface area contributed by atoms with E-state index in [2.05, 4.69) is 18.7 Å². The van der Waals surface area contributed by atoms with E-state index in [1.807, 2.05) is 13.0 Å². The second-order valence-electron chi connectivity index (χ2n) is 11.8. The summed E-state index contributed by atoms with van der Waals surface area (Å²) >= 11 is 0. The molecule has 0 spiro atoms. The van der Waals surface area contributed by atoms with Gasteiger partial charge in [-0.15, -0.1) is 6.58 Å². The van der Waals surface area contributed by atoms with Crippen LogP contribution in [0.25, 0.3) is 22.3 Å². The predicted octanol–water partition coefficient (Wildman–Crippen LogP) is 10.9. The van der Waals surface area contributed by atoms with Crippen LogP contribution in [0.5, 0.6) is 5.75 Å². The molecule has 5 rings (SSSR count). The molecule has 2 aliphatic rings. The maximum Gasteiger partial charge on any atom is 0.201 e. The maximum atomic E-state index is 15.3. The van der Waals surface area contributed by atoms with Crippen molar-refractivity contribution in [3.05, 3.63) is 90.3 Å². The zero-order valence-corrected chi connectivity index (χ0v) is 23.6. The molecule has 2 fully saturated rings. The Morgan fingerprint density at radius 1 is 0.750 bits per heavy atom. The van der Waals surface area contributed by atoms with E-state index in [4.69, 9.17) is 4.74 Å². The van der Waals surface area contributed by atoms with E-state index in [1.54, 1.807) is 30.3 Å². The van der Waals surface area contributed by atoms with Crippen molar-refractivity contribution in [1.82, 2.24) is 0 Å². The second kappa shape index (κ2) is 13.1. The van der Waals surface area contributed by atoms with Gasteiger partial charge in [-0.3, -0.25) is 0 Å². The Morgan fingerprint density at radius 2 is 1.35 bits per heavy atom. The first-order valence-corrected chi connectivity index (χ1v) is 15.1. The molecule has 0 N–H and O–H groups in total. The molecule has 3 aromatic carbocycles. The molecule has 2 aliphatic carbocycles. The zero-order valence-electron chi connectivity index (χ0n) is 23.6. The van der Waals surface area contributed by atoms with E-state index in [0.717, 1.165) is 43.1 Å². The molecule has 0 amide bonds. The summed E-state index contributed by atoms with van der Waals surface area (Å²) in [5, 5.41) is 0. The van der Waals surface area contributed by atoms with Gasteiger partial charge in [0.05, 0.1) is 6.61 Å². The van der Waals surface area contributed by atoms with Crippen molar-refractivity contribution in [1.29, 1.82) is 0 Å². The molecule has 0 heterocycles. The van der Waals surface area contributed by atoms with E-state index in [1.165, 1.54) is 50.7 Å². The lowest BCUT2D eigenvalue weighted by molar-refractivity contribution is 0.171. The smallest absolute Gasteiger partial charge is 0.201 e. The highest BCUT2D eigenvalue weighted by atomic mass is 19.2. The monoisotopic (exact) mass is 546 g/mol. The summed E-state index contributed by atoms with van der Waals surface area (Å²) in [5.74, 6) is 0.562. The van der Waals surface area contributed by atoms with Crippen LogP contribution in [-0.2, 0) is 0 Å². The molecule has 40 heavy (non-hydrogen) atoms. The average Bonchev–Trinajstić information content (AvgIpc) is 3.00. The van der Waals surface area contributed by atoms with Crippen molar-refractivity contribution < 1.29 is 17.9 Å². The lowest BCUT2D eigenvalue weighted by Crippen LogP contribution is -2.25. The van der Waals surface area contributed by atoms with Gasteiger partial charge < -0.3 is 4.74 Å². The lowest BCUT2D eigenvalue weighted by atomic mass is 9.68. The van der Waals surface area contributed by atoms with Crippen LogP contribution in [0, 0.1) is 35.2 Å². The van der Waals surface area contributed by atoms with Gasteiger partial charge >= 0.3 is 0 Å². The number of hydrogen-bond acceptors (Lipinski definition) is 1. The van der Waals surface area contributed by atoms with E-state index >= 15 is 4.39 Å². The topological polar surface area (TPSA) is 9.23 Å². The van der Waals surface area contributed by atoms with Gasteiger partial charge in [-0.05, 0) is 116 Å². The zero-order chi connectivity index (χ0) is 28.1. The molecular weight excluding hydrogens is 505 g/mol. The average molecular weight is 547 g/mol. The molecule has 0 aliphatic heterocycles. The van der Waals surface area contributed by atoms with E-state index in [-0.39, 0.29) is 17.1 Å². The molecule has 1 nitrogen and oxygen atoms in total. The first kappa shape index (κ1) is 28.5. The number of hydrogen-bond donors (Lipinski definition) is 0. The van der Waals surface area contributed by atoms with E-state index in [9.17, 15) is 8.78 Å². The predicted molar refractivity (Wildman–Crippen MR) is 158 cm³/mol. The van der Waals surface area contributed by atoms with E-state index < -0.39 is 11.6 Å². The number of unbranched alkanes of at least 4 members (excludes halogenated alkanes) is 1. The minimum atomic E-state index is -0.978. The Balaban J connectivity index is 1.22.